The Bertz CT molecular complexity index is 609. The third kappa shape index (κ3) is 2.59. The Morgan fingerprint density at radius 2 is 2.05 bits per heavy atom. The summed E-state index contributed by atoms with van der Waals surface area (Å²) in [7, 11) is 0. The maximum Gasteiger partial charge on any atom is 0.236 e. The van der Waals surface area contributed by atoms with Crippen LogP contribution in [0, 0.1) is 0 Å². The molecule has 0 bridgehead atoms. The van der Waals surface area contributed by atoms with Crippen LogP contribution in [0.1, 0.15) is 13.8 Å². The number of nitrogens with two attached hydrogens (primary N) is 2. The summed E-state index contributed by atoms with van der Waals surface area (Å²) >= 11 is 0. The van der Waals surface area contributed by atoms with Gasteiger partial charge in [0.2, 0.25) is 5.91 Å². The van der Waals surface area contributed by atoms with Gasteiger partial charge in [-0.25, -0.2) is 0 Å². The average Bonchev–Trinajstić information content (AvgIpc) is 2.37. The van der Waals surface area contributed by atoms with Gasteiger partial charge in [-0.05, 0) is 32.0 Å². The van der Waals surface area contributed by atoms with Crippen LogP contribution in [-0.2, 0) is 4.79 Å². The van der Waals surface area contributed by atoms with Gasteiger partial charge in [-0.3, -0.25) is 9.78 Å². The Kier molecular flexibility index (Phi) is 3.55. The van der Waals surface area contributed by atoms with Crippen LogP contribution in [0.2, 0.25) is 0 Å². The molecule has 2 aromatic rings. The highest BCUT2D eigenvalue weighted by atomic mass is 16.1. The van der Waals surface area contributed by atoms with Gasteiger partial charge in [0.15, 0.2) is 0 Å². The number of carbonyl (C=O) groups excluding carboxylic acids is 1. The van der Waals surface area contributed by atoms with E-state index >= 15 is 0 Å². The van der Waals surface area contributed by atoms with E-state index < -0.39 is 0 Å². The van der Waals surface area contributed by atoms with Gasteiger partial charge in [-0.1, -0.05) is 0 Å². The van der Waals surface area contributed by atoms with Crippen molar-refractivity contribution in [3.63, 3.8) is 0 Å². The zero-order chi connectivity index (χ0) is 14.0. The maximum absolute atomic E-state index is 11.2. The smallest absolute Gasteiger partial charge is 0.236 e. The highest BCUT2D eigenvalue weighted by molar-refractivity contribution is 6.01. The summed E-state index contributed by atoms with van der Waals surface area (Å²) < 4.78 is 0. The third-order valence-electron chi connectivity index (χ3n) is 3.09. The lowest BCUT2D eigenvalue weighted by molar-refractivity contribution is -0.116. The molecule has 0 aliphatic heterocycles. The predicted octanol–water partition coefficient (Wildman–Crippen LogP) is 1.52. The van der Waals surface area contributed by atoms with Crippen LogP contribution in [0.25, 0.3) is 10.8 Å². The molecule has 5 nitrogen and oxygen atoms in total. The van der Waals surface area contributed by atoms with Crippen molar-refractivity contribution in [1.29, 1.82) is 0 Å². The van der Waals surface area contributed by atoms with Crippen molar-refractivity contribution in [3.8, 4) is 0 Å². The minimum atomic E-state index is -0.359. The van der Waals surface area contributed by atoms with Crippen LogP contribution >= 0.6 is 0 Å². The van der Waals surface area contributed by atoms with E-state index in [4.69, 9.17) is 11.5 Å². The molecule has 100 valence electrons. The number of nitrogen functional groups attached to an aromatic ring is 1. The molecule has 1 aromatic carbocycles. The fourth-order valence-electron chi connectivity index (χ4n) is 2.16. The highest BCUT2D eigenvalue weighted by Gasteiger charge is 2.16. The number of pyridine rings is 1. The first-order valence-corrected chi connectivity index (χ1v) is 6.18. The number of rotatable bonds is 4. The van der Waals surface area contributed by atoms with Crippen molar-refractivity contribution in [2.75, 3.05) is 17.2 Å². The van der Waals surface area contributed by atoms with Crippen molar-refractivity contribution in [3.05, 3.63) is 30.6 Å². The van der Waals surface area contributed by atoms with Gasteiger partial charge in [0.25, 0.3) is 0 Å². The SMILES string of the molecule is CC(C)N(CC(N)=O)c1ccc(N)c2ccncc12. The first-order valence-electron chi connectivity index (χ1n) is 6.18. The Labute approximate surface area is 112 Å². The number of aromatic nitrogens is 1. The van der Waals surface area contributed by atoms with Crippen molar-refractivity contribution in [2.45, 2.75) is 19.9 Å². The van der Waals surface area contributed by atoms with Crippen LogP contribution in [0.5, 0.6) is 0 Å². The van der Waals surface area contributed by atoms with Crippen LogP contribution in [0.3, 0.4) is 0 Å². The quantitative estimate of drug-likeness (QED) is 0.814. The van der Waals surface area contributed by atoms with Crippen LogP contribution in [0.4, 0.5) is 11.4 Å². The fraction of sp³-hybridized carbons (Fsp3) is 0.286. The van der Waals surface area contributed by atoms with Gasteiger partial charge < -0.3 is 16.4 Å². The molecule has 19 heavy (non-hydrogen) atoms. The molecule has 0 atom stereocenters. The van der Waals surface area contributed by atoms with Crippen LogP contribution < -0.4 is 16.4 Å². The number of anilines is 2. The molecule has 0 spiro atoms. The molecular formula is C14H18N4O. The molecule has 0 aliphatic carbocycles. The summed E-state index contributed by atoms with van der Waals surface area (Å²) in [5.74, 6) is -0.359. The molecule has 0 saturated heterocycles. The predicted molar refractivity (Wildman–Crippen MR) is 77.8 cm³/mol. The van der Waals surface area contributed by atoms with Gasteiger partial charge in [-0.2, -0.15) is 0 Å². The molecule has 0 unspecified atom stereocenters. The van der Waals surface area contributed by atoms with E-state index in [9.17, 15) is 4.79 Å². The van der Waals surface area contributed by atoms with Gasteiger partial charge >= 0.3 is 0 Å². The number of fused-ring (bicyclic) bond motifs is 1. The number of benzene rings is 1. The third-order valence-corrected chi connectivity index (χ3v) is 3.09. The molecular weight excluding hydrogens is 240 g/mol. The lowest BCUT2D eigenvalue weighted by Crippen LogP contribution is -2.38. The normalized spacial score (nSPS) is 10.9. The minimum absolute atomic E-state index is 0.152. The van der Waals surface area contributed by atoms with E-state index in [1.165, 1.54) is 0 Å². The largest absolute Gasteiger partial charge is 0.398 e. The molecule has 0 radical (unpaired) electrons. The Balaban J connectivity index is 2.60. The summed E-state index contributed by atoms with van der Waals surface area (Å²) in [5, 5.41) is 1.86. The van der Waals surface area contributed by atoms with Crippen molar-refractivity contribution < 1.29 is 4.79 Å². The van der Waals surface area contributed by atoms with E-state index in [-0.39, 0.29) is 18.5 Å². The van der Waals surface area contributed by atoms with Crippen LogP contribution in [-0.4, -0.2) is 23.5 Å². The minimum Gasteiger partial charge on any atom is -0.398 e. The summed E-state index contributed by atoms with van der Waals surface area (Å²) in [6, 6.07) is 5.77. The van der Waals surface area contributed by atoms with Crippen LogP contribution in [0.15, 0.2) is 30.6 Å². The van der Waals surface area contributed by atoms with E-state index in [1.54, 1.807) is 12.4 Å². The second kappa shape index (κ2) is 5.14. The lowest BCUT2D eigenvalue weighted by atomic mass is 10.1. The van der Waals surface area contributed by atoms with Crippen molar-refractivity contribution >= 4 is 28.1 Å². The topological polar surface area (TPSA) is 85.2 Å². The number of carbonyl (C=O) groups is 1. The zero-order valence-corrected chi connectivity index (χ0v) is 11.1. The standard InChI is InChI=1S/C14H18N4O/c1-9(2)18(8-14(16)19)13-4-3-12(15)10-5-6-17-7-11(10)13/h3-7,9H,8,15H2,1-2H3,(H2,16,19). The van der Waals surface area contributed by atoms with Gasteiger partial charge in [0, 0.05) is 40.6 Å². The second-order valence-electron chi connectivity index (χ2n) is 4.78. The van der Waals surface area contributed by atoms with E-state index in [1.807, 2.05) is 36.9 Å². The highest BCUT2D eigenvalue weighted by Crippen LogP contribution is 2.31. The maximum atomic E-state index is 11.2. The zero-order valence-electron chi connectivity index (χ0n) is 11.1. The fourth-order valence-corrected chi connectivity index (χ4v) is 2.16. The molecule has 0 aliphatic rings. The summed E-state index contributed by atoms with van der Waals surface area (Å²) in [6.07, 6.45) is 3.47. The molecule has 0 fully saturated rings. The van der Waals surface area contributed by atoms with E-state index in [0.717, 1.165) is 16.5 Å². The number of nitrogens with zero attached hydrogens (tertiary/aromatic N) is 2. The van der Waals surface area contributed by atoms with Gasteiger partial charge in [-0.15, -0.1) is 0 Å². The number of hydrogen-bond acceptors (Lipinski definition) is 4. The molecule has 1 heterocycles. The van der Waals surface area contributed by atoms with E-state index in [2.05, 4.69) is 4.98 Å². The first-order chi connectivity index (χ1) is 9.00. The van der Waals surface area contributed by atoms with Crippen molar-refractivity contribution in [2.24, 2.45) is 5.73 Å². The second-order valence-corrected chi connectivity index (χ2v) is 4.78. The Morgan fingerprint density at radius 1 is 1.32 bits per heavy atom. The number of hydrogen-bond donors (Lipinski definition) is 2. The number of amides is 1. The molecule has 4 N–H and O–H groups in total. The molecule has 0 saturated carbocycles. The van der Waals surface area contributed by atoms with Gasteiger partial charge in [0.1, 0.15) is 0 Å². The lowest BCUT2D eigenvalue weighted by Gasteiger charge is -2.29. The summed E-state index contributed by atoms with van der Waals surface area (Å²) in [6.45, 7) is 4.20. The summed E-state index contributed by atoms with van der Waals surface area (Å²) in [4.78, 5) is 17.3. The molecule has 1 amide bonds. The van der Waals surface area contributed by atoms with E-state index in [0.29, 0.717) is 5.69 Å². The first kappa shape index (κ1) is 13.1. The average molecular weight is 258 g/mol. The molecule has 5 heteroatoms. The molecule has 1 aromatic heterocycles. The monoisotopic (exact) mass is 258 g/mol. The summed E-state index contributed by atoms with van der Waals surface area (Å²) in [5.41, 5.74) is 12.9. The van der Waals surface area contributed by atoms with Crippen molar-refractivity contribution in [1.82, 2.24) is 4.98 Å². The Morgan fingerprint density at radius 3 is 2.68 bits per heavy atom. The Hall–Kier alpha value is -2.30. The van der Waals surface area contributed by atoms with Gasteiger partial charge in [0.05, 0.1) is 6.54 Å². The number of primary amides is 1. The molecule has 2 rings (SSSR count).